The molecule has 2 heterocycles. The molecule has 3 rings (SSSR count). The molecule has 7 nitrogen and oxygen atoms in total. The summed E-state index contributed by atoms with van der Waals surface area (Å²) in [4.78, 5) is 30.7. The highest BCUT2D eigenvalue weighted by atomic mass is 16.5. The molecule has 1 aliphatic carbocycles. The van der Waals surface area contributed by atoms with Gasteiger partial charge in [-0.2, -0.15) is 5.26 Å². The predicted molar refractivity (Wildman–Crippen MR) is 99.8 cm³/mol. The fourth-order valence-corrected chi connectivity index (χ4v) is 3.97. The molecular formula is C20H26N4O3. The lowest BCUT2D eigenvalue weighted by atomic mass is 9.85. The number of piperidine rings is 1. The summed E-state index contributed by atoms with van der Waals surface area (Å²) in [6.07, 6.45) is 6.40. The molecule has 1 amide bonds. The van der Waals surface area contributed by atoms with Crippen LogP contribution in [0.2, 0.25) is 0 Å². The minimum Gasteiger partial charge on any atom is -0.469 e. The van der Waals surface area contributed by atoms with E-state index in [1.54, 1.807) is 12.3 Å². The molecule has 2 fully saturated rings. The molecule has 27 heavy (non-hydrogen) atoms. The van der Waals surface area contributed by atoms with Gasteiger partial charge in [0.1, 0.15) is 11.9 Å². The molecule has 0 aromatic carbocycles. The average molecular weight is 370 g/mol. The molecule has 1 aromatic heterocycles. The first-order chi connectivity index (χ1) is 13.1. The summed E-state index contributed by atoms with van der Waals surface area (Å²) >= 11 is 0. The largest absolute Gasteiger partial charge is 0.469 e. The molecule has 7 heteroatoms. The number of rotatable bonds is 4. The van der Waals surface area contributed by atoms with Crippen LogP contribution in [-0.2, 0) is 14.3 Å². The summed E-state index contributed by atoms with van der Waals surface area (Å²) in [5.74, 6) is 0.853. The molecule has 0 spiro atoms. The van der Waals surface area contributed by atoms with Gasteiger partial charge >= 0.3 is 5.97 Å². The molecule has 0 unspecified atom stereocenters. The van der Waals surface area contributed by atoms with Gasteiger partial charge in [-0.25, -0.2) is 4.98 Å². The first-order valence-electron chi connectivity index (χ1n) is 9.60. The smallest absolute Gasteiger partial charge is 0.308 e. The maximum absolute atomic E-state index is 12.6. The third-order valence-electron chi connectivity index (χ3n) is 5.67. The Kier molecular flexibility index (Phi) is 6.28. The second-order valence-electron chi connectivity index (χ2n) is 7.36. The highest BCUT2D eigenvalue weighted by Gasteiger charge is 2.30. The van der Waals surface area contributed by atoms with Crippen molar-refractivity contribution in [2.45, 2.75) is 44.6 Å². The van der Waals surface area contributed by atoms with E-state index in [4.69, 9.17) is 10.00 Å². The van der Waals surface area contributed by atoms with Gasteiger partial charge in [-0.15, -0.1) is 0 Å². The van der Waals surface area contributed by atoms with E-state index in [9.17, 15) is 9.59 Å². The van der Waals surface area contributed by atoms with Crippen LogP contribution in [0.5, 0.6) is 0 Å². The molecule has 1 aromatic rings. The topological polar surface area (TPSA) is 95.3 Å². The molecule has 0 atom stereocenters. The summed E-state index contributed by atoms with van der Waals surface area (Å²) in [6.45, 7) is 1.57. The van der Waals surface area contributed by atoms with Crippen molar-refractivity contribution < 1.29 is 14.3 Å². The zero-order valence-electron chi connectivity index (χ0n) is 15.7. The van der Waals surface area contributed by atoms with Crippen LogP contribution in [0, 0.1) is 23.2 Å². The maximum atomic E-state index is 12.6. The van der Waals surface area contributed by atoms with Gasteiger partial charge in [-0.1, -0.05) is 0 Å². The second kappa shape index (κ2) is 8.85. The molecule has 1 N–H and O–H groups in total. The Labute approximate surface area is 159 Å². The van der Waals surface area contributed by atoms with E-state index in [1.165, 1.54) is 7.11 Å². The maximum Gasteiger partial charge on any atom is 0.308 e. The van der Waals surface area contributed by atoms with E-state index in [0.29, 0.717) is 5.56 Å². The lowest BCUT2D eigenvalue weighted by Gasteiger charge is -2.34. The number of nitrogens with zero attached hydrogens (tertiary/aromatic N) is 3. The fourth-order valence-electron chi connectivity index (χ4n) is 3.97. The van der Waals surface area contributed by atoms with Crippen molar-refractivity contribution in [3.8, 4) is 6.07 Å². The van der Waals surface area contributed by atoms with Crippen LogP contribution < -0.4 is 10.2 Å². The van der Waals surface area contributed by atoms with Gasteiger partial charge in [0, 0.05) is 31.2 Å². The number of carbonyl (C=O) groups excluding carboxylic acids is 2. The number of hydrogen-bond donors (Lipinski definition) is 1. The third-order valence-corrected chi connectivity index (χ3v) is 5.67. The summed E-state index contributed by atoms with van der Waals surface area (Å²) in [5.41, 5.74) is 0.551. The van der Waals surface area contributed by atoms with E-state index < -0.39 is 0 Å². The van der Waals surface area contributed by atoms with E-state index in [0.717, 1.165) is 57.4 Å². The number of anilines is 1. The zero-order chi connectivity index (χ0) is 19.2. The van der Waals surface area contributed by atoms with Crippen molar-refractivity contribution in [2.24, 2.45) is 11.8 Å². The van der Waals surface area contributed by atoms with Gasteiger partial charge in [-0.05, 0) is 50.7 Å². The van der Waals surface area contributed by atoms with Crippen molar-refractivity contribution in [3.63, 3.8) is 0 Å². The normalized spacial score (nSPS) is 23.3. The van der Waals surface area contributed by atoms with Crippen LogP contribution in [0.1, 0.15) is 44.1 Å². The van der Waals surface area contributed by atoms with Crippen molar-refractivity contribution in [1.82, 2.24) is 10.3 Å². The van der Waals surface area contributed by atoms with Crippen molar-refractivity contribution >= 4 is 17.7 Å². The predicted octanol–water partition coefficient (Wildman–Crippen LogP) is 2.02. The van der Waals surface area contributed by atoms with Crippen LogP contribution in [0.3, 0.4) is 0 Å². The first-order valence-corrected chi connectivity index (χ1v) is 9.60. The summed E-state index contributed by atoms with van der Waals surface area (Å²) < 4.78 is 4.81. The molecule has 1 saturated heterocycles. The first kappa shape index (κ1) is 19.2. The van der Waals surface area contributed by atoms with E-state index in [2.05, 4.69) is 21.3 Å². The van der Waals surface area contributed by atoms with E-state index in [1.807, 2.05) is 6.07 Å². The second-order valence-corrected chi connectivity index (χ2v) is 7.36. The molecule has 1 saturated carbocycles. The van der Waals surface area contributed by atoms with Crippen LogP contribution in [0.25, 0.3) is 0 Å². The Balaban J connectivity index is 1.43. The number of carbonyl (C=O) groups is 2. The SMILES string of the molecule is COC(=O)C1CCC(NC(=O)C2CCN(c3ccc(C#N)cn3)CC2)CC1. The molecule has 2 aliphatic rings. The van der Waals surface area contributed by atoms with Crippen LogP contribution in [0.4, 0.5) is 5.82 Å². The Morgan fingerprint density at radius 2 is 1.85 bits per heavy atom. The lowest BCUT2D eigenvalue weighted by molar-refractivity contribution is -0.146. The molecule has 144 valence electrons. The summed E-state index contributed by atoms with van der Waals surface area (Å²) in [5, 5.41) is 12.0. The number of nitriles is 1. The molecular weight excluding hydrogens is 344 g/mol. The Hall–Kier alpha value is -2.62. The number of esters is 1. The Morgan fingerprint density at radius 3 is 2.41 bits per heavy atom. The Bertz CT molecular complexity index is 697. The number of hydrogen-bond acceptors (Lipinski definition) is 6. The summed E-state index contributed by atoms with van der Waals surface area (Å²) in [6, 6.07) is 5.86. The molecule has 0 radical (unpaired) electrons. The van der Waals surface area contributed by atoms with Crippen molar-refractivity contribution in [2.75, 3.05) is 25.1 Å². The van der Waals surface area contributed by atoms with Crippen LogP contribution >= 0.6 is 0 Å². The standard InChI is InChI=1S/C20H26N4O3/c1-27-20(26)16-3-5-17(6-4-16)23-19(25)15-8-10-24(11-9-15)18-7-2-14(12-21)13-22-18/h2,7,13,15-17H,3-6,8-11H2,1H3,(H,23,25). The van der Waals surface area contributed by atoms with Gasteiger partial charge in [0.15, 0.2) is 0 Å². The number of pyridine rings is 1. The van der Waals surface area contributed by atoms with E-state index in [-0.39, 0.29) is 29.8 Å². The number of methoxy groups -OCH3 is 1. The number of nitrogens with one attached hydrogen (secondary N) is 1. The Morgan fingerprint density at radius 1 is 1.15 bits per heavy atom. The quantitative estimate of drug-likeness (QED) is 0.815. The van der Waals surface area contributed by atoms with Gasteiger partial charge in [0.2, 0.25) is 5.91 Å². The number of amides is 1. The minimum atomic E-state index is -0.136. The lowest BCUT2D eigenvalue weighted by Crippen LogP contribution is -2.45. The van der Waals surface area contributed by atoms with Gasteiger partial charge in [-0.3, -0.25) is 9.59 Å². The highest BCUT2D eigenvalue weighted by Crippen LogP contribution is 2.27. The average Bonchev–Trinajstić information content (AvgIpc) is 2.74. The van der Waals surface area contributed by atoms with Crippen LogP contribution in [0.15, 0.2) is 18.3 Å². The molecule has 1 aliphatic heterocycles. The monoisotopic (exact) mass is 370 g/mol. The van der Waals surface area contributed by atoms with Gasteiger partial charge in [0.05, 0.1) is 18.6 Å². The number of aromatic nitrogens is 1. The third kappa shape index (κ3) is 4.76. The highest BCUT2D eigenvalue weighted by molar-refractivity contribution is 5.79. The zero-order valence-corrected chi connectivity index (χ0v) is 15.7. The van der Waals surface area contributed by atoms with Gasteiger partial charge < -0.3 is 15.0 Å². The van der Waals surface area contributed by atoms with Crippen molar-refractivity contribution in [3.05, 3.63) is 23.9 Å². The minimum absolute atomic E-state index is 0.0219. The van der Waals surface area contributed by atoms with Crippen molar-refractivity contribution in [1.29, 1.82) is 5.26 Å². The van der Waals surface area contributed by atoms with E-state index >= 15 is 0 Å². The van der Waals surface area contributed by atoms with Crippen LogP contribution in [-0.4, -0.2) is 43.1 Å². The fraction of sp³-hybridized carbons (Fsp3) is 0.600. The van der Waals surface area contributed by atoms with Gasteiger partial charge in [0.25, 0.3) is 0 Å². The molecule has 0 bridgehead atoms. The summed E-state index contributed by atoms with van der Waals surface area (Å²) in [7, 11) is 1.43. The number of ether oxygens (including phenoxy) is 1.